The summed E-state index contributed by atoms with van der Waals surface area (Å²) in [5.74, 6) is 0. The second kappa shape index (κ2) is 4.37. The van der Waals surface area contributed by atoms with Crippen molar-refractivity contribution < 1.29 is 9.53 Å². The highest BCUT2D eigenvalue weighted by Crippen LogP contribution is 2.20. The molecule has 0 bridgehead atoms. The summed E-state index contributed by atoms with van der Waals surface area (Å²) in [6.07, 6.45) is 1.55. The van der Waals surface area contributed by atoms with Gasteiger partial charge in [0.25, 0.3) is 0 Å². The Morgan fingerprint density at radius 1 is 1.28 bits per heavy atom. The maximum absolute atomic E-state index is 11.6. The molecule has 0 radical (unpaired) electrons. The van der Waals surface area contributed by atoms with Crippen LogP contribution in [0.25, 0.3) is 10.9 Å². The predicted molar refractivity (Wildman–Crippen MR) is 72.8 cm³/mol. The Bertz CT molecular complexity index is 579. The van der Waals surface area contributed by atoms with Gasteiger partial charge in [-0.3, -0.25) is 5.32 Å². The first-order chi connectivity index (χ1) is 8.35. The number of benzene rings is 1. The smallest absolute Gasteiger partial charge is 0.412 e. The highest BCUT2D eigenvalue weighted by Gasteiger charge is 2.16. The van der Waals surface area contributed by atoms with Crippen LogP contribution in [0.5, 0.6) is 0 Å². The third-order valence-corrected chi connectivity index (χ3v) is 2.53. The minimum Gasteiger partial charge on any atom is -0.444 e. The molecule has 0 spiro atoms. The number of fused-ring (bicyclic) bond motifs is 1. The molecule has 96 valence electrons. The SMILES string of the molecule is Cn1ccc2ccc(NC(=O)OC(C)(C)C)cc21. The van der Waals surface area contributed by atoms with E-state index in [2.05, 4.69) is 5.32 Å². The number of aromatic nitrogens is 1. The summed E-state index contributed by atoms with van der Waals surface area (Å²) < 4.78 is 7.22. The molecule has 0 saturated heterocycles. The van der Waals surface area contributed by atoms with Gasteiger partial charge in [0.1, 0.15) is 5.60 Å². The van der Waals surface area contributed by atoms with Crippen LogP contribution in [0.1, 0.15) is 20.8 Å². The molecule has 0 unspecified atom stereocenters. The van der Waals surface area contributed by atoms with Crippen molar-refractivity contribution in [1.82, 2.24) is 4.57 Å². The molecule has 1 aromatic heterocycles. The van der Waals surface area contributed by atoms with Crippen molar-refractivity contribution in [3.8, 4) is 0 Å². The van der Waals surface area contributed by atoms with Gasteiger partial charge in [0.05, 0.1) is 0 Å². The summed E-state index contributed by atoms with van der Waals surface area (Å²) in [7, 11) is 1.97. The van der Waals surface area contributed by atoms with E-state index in [0.717, 1.165) is 16.6 Å². The maximum Gasteiger partial charge on any atom is 0.412 e. The lowest BCUT2D eigenvalue weighted by Crippen LogP contribution is -2.27. The molecule has 0 aliphatic rings. The highest BCUT2D eigenvalue weighted by molar-refractivity contribution is 5.90. The molecule has 1 N–H and O–H groups in total. The van der Waals surface area contributed by atoms with Gasteiger partial charge in [0, 0.05) is 24.4 Å². The molecule has 4 heteroatoms. The van der Waals surface area contributed by atoms with Gasteiger partial charge < -0.3 is 9.30 Å². The van der Waals surface area contributed by atoms with Gasteiger partial charge in [0.15, 0.2) is 0 Å². The first-order valence-corrected chi connectivity index (χ1v) is 5.90. The van der Waals surface area contributed by atoms with E-state index >= 15 is 0 Å². The lowest BCUT2D eigenvalue weighted by atomic mass is 10.2. The summed E-state index contributed by atoms with van der Waals surface area (Å²) in [5, 5.41) is 3.88. The highest BCUT2D eigenvalue weighted by atomic mass is 16.6. The van der Waals surface area contributed by atoms with Gasteiger partial charge >= 0.3 is 6.09 Å². The van der Waals surface area contributed by atoms with Gasteiger partial charge in [-0.1, -0.05) is 6.07 Å². The van der Waals surface area contributed by atoms with E-state index in [-0.39, 0.29) is 0 Å². The van der Waals surface area contributed by atoms with E-state index in [1.165, 1.54) is 0 Å². The van der Waals surface area contributed by atoms with Crippen LogP contribution < -0.4 is 5.32 Å². The van der Waals surface area contributed by atoms with Crippen molar-refractivity contribution in [3.05, 3.63) is 30.5 Å². The fourth-order valence-electron chi connectivity index (χ4n) is 1.76. The minimum atomic E-state index is -0.487. The Morgan fingerprint density at radius 2 is 2.00 bits per heavy atom. The largest absolute Gasteiger partial charge is 0.444 e. The van der Waals surface area contributed by atoms with Crippen molar-refractivity contribution in [2.75, 3.05) is 5.32 Å². The van der Waals surface area contributed by atoms with Crippen LogP contribution in [0.15, 0.2) is 30.5 Å². The van der Waals surface area contributed by atoms with Crippen molar-refractivity contribution in [2.24, 2.45) is 7.05 Å². The van der Waals surface area contributed by atoms with Crippen LogP contribution >= 0.6 is 0 Å². The second-order valence-corrected chi connectivity index (χ2v) is 5.33. The van der Waals surface area contributed by atoms with Crippen LogP contribution in [0, 0.1) is 0 Å². The number of ether oxygens (including phenoxy) is 1. The summed E-state index contributed by atoms with van der Waals surface area (Å²) in [6.45, 7) is 5.52. The van der Waals surface area contributed by atoms with Crippen molar-refractivity contribution in [3.63, 3.8) is 0 Å². The Labute approximate surface area is 107 Å². The second-order valence-electron chi connectivity index (χ2n) is 5.33. The number of nitrogens with one attached hydrogen (secondary N) is 1. The summed E-state index contributed by atoms with van der Waals surface area (Å²) in [5.41, 5.74) is 1.32. The zero-order valence-corrected chi connectivity index (χ0v) is 11.2. The number of amides is 1. The number of hydrogen-bond acceptors (Lipinski definition) is 2. The number of rotatable bonds is 1. The molecule has 18 heavy (non-hydrogen) atoms. The molecular weight excluding hydrogens is 228 g/mol. The first-order valence-electron chi connectivity index (χ1n) is 5.90. The van der Waals surface area contributed by atoms with Crippen molar-refractivity contribution >= 4 is 22.7 Å². The Balaban J connectivity index is 2.17. The Morgan fingerprint density at radius 3 is 2.67 bits per heavy atom. The molecule has 0 atom stereocenters. The van der Waals surface area contributed by atoms with E-state index in [1.54, 1.807) is 0 Å². The van der Waals surface area contributed by atoms with Crippen LogP contribution in [0.4, 0.5) is 10.5 Å². The van der Waals surface area contributed by atoms with Gasteiger partial charge in [-0.25, -0.2) is 4.79 Å². The van der Waals surface area contributed by atoms with E-state index < -0.39 is 11.7 Å². The number of carbonyl (C=O) groups excluding carboxylic acids is 1. The Hall–Kier alpha value is -1.97. The molecule has 0 saturated carbocycles. The van der Waals surface area contributed by atoms with Gasteiger partial charge in [-0.15, -0.1) is 0 Å². The van der Waals surface area contributed by atoms with E-state index in [9.17, 15) is 4.79 Å². The Kier molecular flexibility index (Phi) is 3.03. The fraction of sp³-hybridized carbons (Fsp3) is 0.357. The van der Waals surface area contributed by atoms with E-state index in [0.29, 0.717) is 0 Å². The van der Waals surface area contributed by atoms with E-state index in [1.807, 2.05) is 62.8 Å². The minimum absolute atomic E-state index is 0.434. The average molecular weight is 246 g/mol. The number of hydrogen-bond donors (Lipinski definition) is 1. The summed E-state index contributed by atoms with van der Waals surface area (Å²) in [6, 6.07) is 7.81. The monoisotopic (exact) mass is 246 g/mol. The quantitative estimate of drug-likeness (QED) is 0.836. The predicted octanol–water partition coefficient (Wildman–Crippen LogP) is 3.53. The molecule has 0 fully saturated rings. The average Bonchev–Trinajstić information content (AvgIpc) is 2.57. The molecule has 2 rings (SSSR count). The number of carbonyl (C=O) groups is 1. The molecule has 4 nitrogen and oxygen atoms in total. The van der Waals surface area contributed by atoms with Gasteiger partial charge in [-0.2, -0.15) is 0 Å². The fourth-order valence-corrected chi connectivity index (χ4v) is 1.76. The molecule has 1 aromatic carbocycles. The van der Waals surface area contributed by atoms with Crippen LogP contribution in [-0.4, -0.2) is 16.3 Å². The zero-order valence-electron chi connectivity index (χ0n) is 11.2. The molecule has 1 heterocycles. The van der Waals surface area contributed by atoms with Crippen LogP contribution in [0.2, 0.25) is 0 Å². The molecule has 2 aromatic rings. The first kappa shape index (κ1) is 12.5. The summed E-state index contributed by atoms with van der Waals surface area (Å²) >= 11 is 0. The van der Waals surface area contributed by atoms with Crippen LogP contribution in [-0.2, 0) is 11.8 Å². The van der Waals surface area contributed by atoms with Crippen molar-refractivity contribution in [2.45, 2.75) is 26.4 Å². The van der Waals surface area contributed by atoms with Crippen molar-refractivity contribution in [1.29, 1.82) is 0 Å². The summed E-state index contributed by atoms with van der Waals surface area (Å²) in [4.78, 5) is 11.6. The normalized spacial score (nSPS) is 11.6. The molecular formula is C14H18N2O2. The molecule has 1 amide bonds. The number of anilines is 1. The van der Waals surface area contributed by atoms with E-state index in [4.69, 9.17) is 4.74 Å². The number of aryl methyl sites for hydroxylation is 1. The third-order valence-electron chi connectivity index (χ3n) is 2.53. The standard InChI is InChI=1S/C14H18N2O2/c1-14(2,3)18-13(17)15-11-6-5-10-7-8-16(4)12(10)9-11/h5-9H,1-4H3,(H,15,17). The maximum atomic E-state index is 11.6. The zero-order chi connectivity index (χ0) is 13.3. The topological polar surface area (TPSA) is 43.3 Å². The van der Waals surface area contributed by atoms with Gasteiger partial charge in [0.2, 0.25) is 0 Å². The molecule has 0 aliphatic carbocycles. The lowest BCUT2D eigenvalue weighted by molar-refractivity contribution is 0.0636. The number of nitrogens with zero attached hydrogens (tertiary/aromatic N) is 1. The lowest BCUT2D eigenvalue weighted by Gasteiger charge is -2.19. The molecule has 0 aliphatic heterocycles. The third kappa shape index (κ3) is 2.83. The van der Waals surface area contributed by atoms with Gasteiger partial charge in [-0.05, 0) is 44.4 Å². The van der Waals surface area contributed by atoms with Crippen LogP contribution in [0.3, 0.4) is 0 Å².